The topological polar surface area (TPSA) is 95.6 Å². The van der Waals surface area contributed by atoms with Crippen molar-refractivity contribution in [2.45, 2.75) is 70.7 Å². The molecule has 1 atom stereocenters. The van der Waals surface area contributed by atoms with Crippen molar-refractivity contribution in [2.75, 3.05) is 16.8 Å². The Morgan fingerprint density at radius 3 is 2.40 bits per heavy atom. The van der Waals surface area contributed by atoms with Crippen LogP contribution in [0.2, 0.25) is 0 Å². The van der Waals surface area contributed by atoms with Crippen LogP contribution in [0.15, 0.2) is 41.3 Å². The van der Waals surface area contributed by atoms with Gasteiger partial charge in [0.1, 0.15) is 0 Å². The average molecular weight is 498 g/mol. The van der Waals surface area contributed by atoms with Crippen molar-refractivity contribution in [3.8, 4) is 0 Å². The maximum Gasteiger partial charge on any atom is 0.240 e. The molecule has 188 valence electrons. The fourth-order valence-electron chi connectivity index (χ4n) is 5.38. The molecule has 2 aromatic carbocycles. The lowest BCUT2D eigenvalue weighted by Gasteiger charge is -2.28. The first-order valence-electron chi connectivity index (χ1n) is 12.4. The Hall–Kier alpha value is -2.71. The zero-order valence-corrected chi connectivity index (χ0v) is 21.7. The van der Waals surface area contributed by atoms with E-state index in [4.69, 9.17) is 0 Å². The van der Waals surface area contributed by atoms with E-state index in [9.17, 15) is 18.0 Å². The number of nitrogens with zero attached hydrogens (tertiary/aromatic N) is 1. The largest absolute Gasteiger partial charge is 0.326 e. The van der Waals surface area contributed by atoms with Crippen molar-refractivity contribution >= 4 is 33.2 Å². The molecule has 0 aromatic heterocycles. The van der Waals surface area contributed by atoms with Gasteiger partial charge in [0.25, 0.3) is 0 Å². The van der Waals surface area contributed by atoms with Gasteiger partial charge in [-0.1, -0.05) is 17.7 Å². The van der Waals surface area contributed by atoms with Gasteiger partial charge < -0.3 is 10.2 Å². The molecule has 2 aromatic rings. The number of rotatable bonds is 6. The van der Waals surface area contributed by atoms with Crippen molar-refractivity contribution in [3.63, 3.8) is 0 Å². The number of sulfonamides is 1. The third-order valence-corrected chi connectivity index (χ3v) is 8.76. The molecule has 1 unspecified atom stereocenters. The van der Waals surface area contributed by atoms with E-state index in [1.807, 2.05) is 32.9 Å². The first-order valence-corrected chi connectivity index (χ1v) is 13.8. The summed E-state index contributed by atoms with van der Waals surface area (Å²) in [5, 5.41) is 3.06. The van der Waals surface area contributed by atoms with E-state index >= 15 is 0 Å². The summed E-state index contributed by atoms with van der Waals surface area (Å²) in [6.45, 7) is 7.88. The number of aryl methyl sites for hydroxylation is 2. The van der Waals surface area contributed by atoms with Gasteiger partial charge in [-0.3, -0.25) is 9.59 Å². The number of carbonyl (C=O) groups is 2. The Labute approximate surface area is 208 Å². The zero-order chi connectivity index (χ0) is 25.3. The van der Waals surface area contributed by atoms with Gasteiger partial charge in [-0.2, -0.15) is 0 Å². The fourth-order valence-corrected chi connectivity index (χ4v) is 6.55. The number of hydrogen-bond acceptors (Lipinski definition) is 4. The van der Waals surface area contributed by atoms with E-state index in [1.54, 1.807) is 23.1 Å². The van der Waals surface area contributed by atoms with Crippen LogP contribution in [0.5, 0.6) is 0 Å². The Morgan fingerprint density at radius 2 is 1.74 bits per heavy atom. The summed E-state index contributed by atoms with van der Waals surface area (Å²) in [7, 11) is -3.65. The molecule has 1 aliphatic carbocycles. The molecule has 0 bridgehead atoms. The summed E-state index contributed by atoms with van der Waals surface area (Å²) in [4.78, 5) is 26.6. The number of amides is 2. The maximum absolute atomic E-state index is 12.9. The van der Waals surface area contributed by atoms with E-state index in [0.717, 1.165) is 53.7 Å². The lowest BCUT2D eigenvalue weighted by atomic mass is 9.81. The second-order valence-electron chi connectivity index (χ2n) is 10.1. The summed E-state index contributed by atoms with van der Waals surface area (Å²) >= 11 is 0. The summed E-state index contributed by atoms with van der Waals surface area (Å²) < 4.78 is 28.7. The van der Waals surface area contributed by atoms with E-state index < -0.39 is 10.0 Å². The molecular formula is C27H35N3O4S. The van der Waals surface area contributed by atoms with Crippen LogP contribution in [0, 0.1) is 25.7 Å². The molecule has 7 nitrogen and oxygen atoms in total. The zero-order valence-electron chi connectivity index (χ0n) is 20.9. The molecule has 1 aliphatic heterocycles. The molecule has 2 aliphatic rings. The van der Waals surface area contributed by atoms with Gasteiger partial charge >= 0.3 is 0 Å². The first-order chi connectivity index (χ1) is 16.5. The van der Waals surface area contributed by atoms with Crippen LogP contribution in [0.25, 0.3) is 0 Å². The van der Waals surface area contributed by atoms with Gasteiger partial charge in [0.05, 0.1) is 4.90 Å². The molecule has 0 saturated heterocycles. The highest BCUT2D eigenvalue weighted by molar-refractivity contribution is 7.89. The number of anilines is 2. The molecule has 2 N–H and O–H groups in total. The molecule has 2 amide bonds. The summed E-state index contributed by atoms with van der Waals surface area (Å²) in [6.07, 6.45) is 3.76. The van der Waals surface area contributed by atoms with Gasteiger partial charge in [0, 0.05) is 36.8 Å². The number of fused-ring (bicyclic) bond motifs is 1. The average Bonchev–Trinajstić information content (AvgIpc) is 3.15. The van der Waals surface area contributed by atoms with Gasteiger partial charge in [-0.15, -0.1) is 0 Å². The number of hydrogen-bond donors (Lipinski definition) is 2. The van der Waals surface area contributed by atoms with E-state index in [-0.39, 0.29) is 34.6 Å². The Morgan fingerprint density at radius 1 is 1.03 bits per heavy atom. The highest BCUT2D eigenvalue weighted by Crippen LogP contribution is 2.34. The van der Waals surface area contributed by atoms with Crippen molar-refractivity contribution in [1.29, 1.82) is 0 Å². The van der Waals surface area contributed by atoms with Crippen molar-refractivity contribution in [3.05, 3.63) is 53.1 Å². The summed E-state index contributed by atoms with van der Waals surface area (Å²) in [6, 6.07) is 11.0. The number of nitrogens with one attached hydrogen (secondary N) is 2. The minimum Gasteiger partial charge on any atom is -0.326 e. The number of benzene rings is 2. The third-order valence-electron chi connectivity index (χ3n) is 7.34. The molecule has 1 heterocycles. The van der Waals surface area contributed by atoms with Gasteiger partial charge in [0.15, 0.2) is 0 Å². The summed E-state index contributed by atoms with van der Waals surface area (Å²) in [5.41, 5.74) is 4.74. The van der Waals surface area contributed by atoms with E-state index in [1.165, 1.54) is 6.92 Å². The van der Waals surface area contributed by atoms with Gasteiger partial charge in [-0.25, -0.2) is 13.1 Å². The normalized spacial score (nSPS) is 22.1. The quantitative estimate of drug-likeness (QED) is 0.621. The van der Waals surface area contributed by atoms with Crippen LogP contribution in [0.3, 0.4) is 0 Å². The molecule has 35 heavy (non-hydrogen) atoms. The maximum atomic E-state index is 12.9. The van der Waals surface area contributed by atoms with Crippen LogP contribution < -0.4 is 14.9 Å². The van der Waals surface area contributed by atoms with Crippen molar-refractivity contribution in [2.24, 2.45) is 11.8 Å². The molecule has 8 heteroatoms. The van der Waals surface area contributed by atoms with Crippen LogP contribution >= 0.6 is 0 Å². The van der Waals surface area contributed by atoms with Gasteiger partial charge in [-0.05, 0) is 94.2 Å². The Kier molecular flexibility index (Phi) is 7.33. The van der Waals surface area contributed by atoms with E-state index in [0.29, 0.717) is 13.0 Å². The minimum absolute atomic E-state index is 0.0238. The highest BCUT2D eigenvalue weighted by Gasteiger charge is 2.31. The second kappa shape index (κ2) is 10.1. The predicted molar refractivity (Wildman–Crippen MR) is 138 cm³/mol. The smallest absolute Gasteiger partial charge is 0.240 e. The van der Waals surface area contributed by atoms with Crippen LogP contribution in [-0.2, 0) is 26.0 Å². The molecule has 4 rings (SSSR count). The lowest BCUT2D eigenvalue weighted by molar-refractivity contribution is -0.121. The van der Waals surface area contributed by atoms with Crippen molar-refractivity contribution in [1.82, 2.24) is 4.72 Å². The molecule has 1 saturated carbocycles. The van der Waals surface area contributed by atoms with Gasteiger partial charge in [0.2, 0.25) is 21.8 Å². The standard InChI is InChI=1S/C27H35N3O4S/c1-17-5-11-25(18(2)13-17)29-27(32)22-8-6-21(7-9-22)16-28-35(33,34)24-10-12-26-23(15-24)14-19(3)30(26)20(4)31/h5,10-13,15,19,21-22,28H,6-9,14,16H2,1-4H3,(H,29,32). The molecular weight excluding hydrogens is 462 g/mol. The molecule has 1 fully saturated rings. The molecule has 0 radical (unpaired) electrons. The SMILES string of the molecule is CC(=O)N1c2ccc(S(=O)(=O)NCC3CCC(C(=O)Nc4ccc(C)cc4C)CC3)cc2CC1C. The second-order valence-corrected chi connectivity index (χ2v) is 11.9. The summed E-state index contributed by atoms with van der Waals surface area (Å²) in [5.74, 6) is 0.162. The monoisotopic (exact) mass is 497 g/mol. The Bertz CT molecular complexity index is 1230. The minimum atomic E-state index is -3.65. The molecule has 0 spiro atoms. The highest BCUT2D eigenvalue weighted by atomic mass is 32.2. The Balaban J connectivity index is 1.30. The van der Waals surface area contributed by atoms with Crippen molar-refractivity contribution < 1.29 is 18.0 Å². The fraction of sp³-hybridized carbons (Fsp3) is 0.481. The predicted octanol–water partition coefficient (Wildman–Crippen LogP) is 4.32. The van der Waals surface area contributed by atoms with E-state index in [2.05, 4.69) is 16.1 Å². The van der Waals surface area contributed by atoms with Crippen LogP contribution in [0.1, 0.15) is 56.2 Å². The lowest BCUT2D eigenvalue weighted by Crippen LogP contribution is -2.34. The van der Waals surface area contributed by atoms with Crippen LogP contribution in [-0.4, -0.2) is 32.8 Å². The first kappa shape index (κ1) is 25.4. The number of carbonyl (C=O) groups excluding carboxylic acids is 2. The third kappa shape index (κ3) is 5.59. The van der Waals surface area contributed by atoms with Crippen LogP contribution in [0.4, 0.5) is 11.4 Å².